The number of para-hydroxylation sites is 1. The largest absolute Gasteiger partial charge is 0.494 e. The van der Waals surface area contributed by atoms with E-state index in [-0.39, 0.29) is 0 Å². The van der Waals surface area contributed by atoms with E-state index in [2.05, 4.69) is 10.2 Å². The average Bonchev–Trinajstić information content (AvgIpc) is 2.54. The van der Waals surface area contributed by atoms with Gasteiger partial charge in [-0.25, -0.2) is 0 Å². The fourth-order valence-corrected chi connectivity index (χ4v) is 3.48. The fourth-order valence-electron chi connectivity index (χ4n) is 3.48. The lowest BCUT2D eigenvalue weighted by Gasteiger charge is -2.44. The Morgan fingerprint density at radius 2 is 2.10 bits per heavy atom. The van der Waals surface area contributed by atoms with E-state index >= 15 is 0 Å². The maximum Gasteiger partial charge on any atom is 0.222 e. The quantitative estimate of drug-likeness (QED) is 0.843. The summed E-state index contributed by atoms with van der Waals surface area (Å²) >= 11 is 0. The summed E-state index contributed by atoms with van der Waals surface area (Å²) in [5.41, 5.74) is 0. The number of benzene rings is 1. The van der Waals surface area contributed by atoms with Crippen LogP contribution in [0.2, 0.25) is 0 Å². The molecule has 2 heterocycles. The minimum Gasteiger partial charge on any atom is -0.494 e. The molecule has 1 aromatic carbocycles. The summed E-state index contributed by atoms with van der Waals surface area (Å²) in [4.78, 5) is 14.3. The minimum atomic E-state index is 0.331. The number of carbonyl (C=O) groups excluding carboxylic acids is 1. The smallest absolute Gasteiger partial charge is 0.222 e. The monoisotopic (exact) mass is 288 g/mol. The molecule has 0 bridgehead atoms. The number of ether oxygens (including phenoxy) is 1. The highest BCUT2D eigenvalue weighted by atomic mass is 16.5. The number of nitrogens with one attached hydrogen (secondary N) is 1. The summed E-state index contributed by atoms with van der Waals surface area (Å²) in [6, 6.07) is 10.3. The third-order valence-electron chi connectivity index (χ3n) is 4.57. The molecule has 1 N–H and O–H groups in total. The molecular weight excluding hydrogens is 264 g/mol. The van der Waals surface area contributed by atoms with Crippen molar-refractivity contribution in [2.45, 2.75) is 31.7 Å². The zero-order chi connectivity index (χ0) is 14.5. The van der Waals surface area contributed by atoms with Gasteiger partial charge in [0.25, 0.3) is 0 Å². The first-order valence-electron chi connectivity index (χ1n) is 8.02. The maximum absolute atomic E-state index is 12.2. The molecule has 2 aliphatic heterocycles. The number of fused-ring (bicyclic) bond motifs is 1. The highest BCUT2D eigenvalue weighted by molar-refractivity contribution is 5.77. The molecular formula is C17H24N2O2. The Morgan fingerprint density at radius 3 is 2.95 bits per heavy atom. The number of amides is 1. The Balaban J connectivity index is 1.47. The number of piperidine rings is 2. The Hall–Kier alpha value is -1.55. The Bertz CT molecular complexity index is 463. The first-order chi connectivity index (χ1) is 10.3. The predicted molar refractivity (Wildman–Crippen MR) is 82.3 cm³/mol. The molecule has 0 aromatic heterocycles. The van der Waals surface area contributed by atoms with E-state index < -0.39 is 0 Å². The van der Waals surface area contributed by atoms with Crippen LogP contribution in [0, 0.1) is 5.92 Å². The van der Waals surface area contributed by atoms with Crippen molar-refractivity contribution in [2.75, 3.05) is 26.2 Å². The first-order valence-corrected chi connectivity index (χ1v) is 8.02. The highest BCUT2D eigenvalue weighted by Gasteiger charge is 2.36. The van der Waals surface area contributed by atoms with E-state index in [1.165, 1.54) is 0 Å². The summed E-state index contributed by atoms with van der Waals surface area (Å²) in [5.74, 6) is 1.88. The third kappa shape index (κ3) is 3.56. The van der Waals surface area contributed by atoms with E-state index in [4.69, 9.17) is 4.74 Å². The number of hydrogen-bond acceptors (Lipinski definition) is 3. The van der Waals surface area contributed by atoms with Gasteiger partial charge in [-0.05, 0) is 50.4 Å². The van der Waals surface area contributed by atoms with Gasteiger partial charge >= 0.3 is 0 Å². The second-order valence-electron chi connectivity index (χ2n) is 5.96. The van der Waals surface area contributed by atoms with Crippen molar-refractivity contribution in [2.24, 2.45) is 5.92 Å². The van der Waals surface area contributed by atoms with Crippen LogP contribution in [-0.4, -0.2) is 43.1 Å². The minimum absolute atomic E-state index is 0.331. The molecule has 4 nitrogen and oxygen atoms in total. The highest BCUT2D eigenvalue weighted by Crippen LogP contribution is 2.28. The lowest BCUT2D eigenvalue weighted by molar-refractivity contribution is -0.139. The van der Waals surface area contributed by atoms with Crippen molar-refractivity contribution in [1.29, 1.82) is 0 Å². The topological polar surface area (TPSA) is 41.6 Å². The van der Waals surface area contributed by atoms with Gasteiger partial charge in [0.15, 0.2) is 0 Å². The van der Waals surface area contributed by atoms with Crippen molar-refractivity contribution in [3.05, 3.63) is 30.3 Å². The molecule has 114 valence electrons. The van der Waals surface area contributed by atoms with Crippen molar-refractivity contribution in [1.82, 2.24) is 10.2 Å². The molecule has 0 spiro atoms. The number of nitrogens with zero attached hydrogens (tertiary/aromatic N) is 1. The fraction of sp³-hybridized carbons (Fsp3) is 0.588. The summed E-state index contributed by atoms with van der Waals surface area (Å²) in [5, 5.41) is 3.45. The molecule has 1 aromatic rings. The van der Waals surface area contributed by atoms with Crippen molar-refractivity contribution in [3.8, 4) is 5.75 Å². The van der Waals surface area contributed by atoms with Gasteiger partial charge < -0.3 is 15.0 Å². The van der Waals surface area contributed by atoms with Crippen LogP contribution in [0.4, 0.5) is 0 Å². The first kappa shape index (κ1) is 14.4. The molecule has 0 aliphatic carbocycles. The van der Waals surface area contributed by atoms with Gasteiger partial charge in [0.05, 0.1) is 6.61 Å². The molecule has 2 saturated heterocycles. The number of hydrogen-bond donors (Lipinski definition) is 1. The predicted octanol–water partition coefficient (Wildman–Crippen LogP) is 2.06. The number of carbonyl (C=O) groups is 1. The Morgan fingerprint density at radius 1 is 1.24 bits per heavy atom. The molecule has 2 aliphatic rings. The molecule has 0 radical (unpaired) electrons. The molecule has 21 heavy (non-hydrogen) atoms. The zero-order valence-corrected chi connectivity index (χ0v) is 12.5. The standard InChI is InChI=1S/C17H24N2O2/c20-17-8-7-14-13-18-10-9-16(14)19(17)11-4-12-21-15-5-2-1-3-6-15/h1-3,5-6,14,16,18H,4,7-13H2. The SMILES string of the molecule is O=C1CCC2CNCCC2N1CCCOc1ccccc1. The number of likely N-dealkylation sites (tertiary alicyclic amines) is 1. The molecule has 2 unspecified atom stereocenters. The Labute approximate surface area is 126 Å². The normalized spacial score (nSPS) is 25.5. The van der Waals surface area contributed by atoms with Gasteiger partial charge in [-0.2, -0.15) is 0 Å². The van der Waals surface area contributed by atoms with Crippen LogP contribution in [0.1, 0.15) is 25.7 Å². The van der Waals surface area contributed by atoms with E-state index in [1.807, 2.05) is 30.3 Å². The van der Waals surface area contributed by atoms with Crippen LogP contribution >= 0.6 is 0 Å². The lowest BCUT2D eigenvalue weighted by atomic mass is 9.84. The number of rotatable bonds is 5. The van der Waals surface area contributed by atoms with Crippen LogP contribution < -0.4 is 10.1 Å². The summed E-state index contributed by atoms with van der Waals surface area (Å²) in [7, 11) is 0. The van der Waals surface area contributed by atoms with Crippen LogP contribution in [0.5, 0.6) is 5.75 Å². The van der Waals surface area contributed by atoms with E-state index in [9.17, 15) is 4.79 Å². The second kappa shape index (κ2) is 6.94. The Kier molecular flexibility index (Phi) is 4.76. The second-order valence-corrected chi connectivity index (χ2v) is 5.96. The van der Waals surface area contributed by atoms with Crippen LogP contribution in [0.3, 0.4) is 0 Å². The van der Waals surface area contributed by atoms with Gasteiger partial charge in [0.2, 0.25) is 5.91 Å². The van der Waals surface area contributed by atoms with Crippen LogP contribution in [-0.2, 0) is 4.79 Å². The van der Waals surface area contributed by atoms with Crippen LogP contribution in [0.15, 0.2) is 30.3 Å². The van der Waals surface area contributed by atoms with E-state index in [0.29, 0.717) is 30.9 Å². The summed E-state index contributed by atoms with van der Waals surface area (Å²) in [6.07, 6.45) is 3.75. The van der Waals surface area contributed by atoms with Gasteiger partial charge in [0, 0.05) is 19.0 Å². The molecule has 2 fully saturated rings. The molecule has 2 atom stereocenters. The lowest BCUT2D eigenvalue weighted by Crippen LogP contribution is -2.55. The maximum atomic E-state index is 12.2. The zero-order valence-electron chi connectivity index (χ0n) is 12.5. The van der Waals surface area contributed by atoms with Crippen molar-refractivity contribution in [3.63, 3.8) is 0 Å². The average molecular weight is 288 g/mol. The van der Waals surface area contributed by atoms with E-state index in [1.54, 1.807) is 0 Å². The summed E-state index contributed by atoms with van der Waals surface area (Å²) in [6.45, 7) is 3.59. The molecule has 0 saturated carbocycles. The molecule has 1 amide bonds. The molecule has 4 heteroatoms. The van der Waals surface area contributed by atoms with Gasteiger partial charge in [-0.1, -0.05) is 18.2 Å². The van der Waals surface area contributed by atoms with Crippen molar-refractivity contribution >= 4 is 5.91 Å². The van der Waals surface area contributed by atoms with Crippen molar-refractivity contribution < 1.29 is 9.53 Å². The molecule has 3 rings (SSSR count). The van der Waals surface area contributed by atoms with Gasteiger partial charge in [0.1, 0.15) is 5.75 Å². The van der Waals surface area contributed by atoms with Gasteiger partial charge in [-0.15, -0.1) is 0 Å². The summed E-state index contributed by atoms with van der Waals surface area (Å²) < 4.78 is 5.72. The third-order valence-corrected chi connectivity index (χ3v) is 4.57. The van der Waals surface area contributed by atoms with Crippen LogP contribution in [0.25, 0.3) is 0 Å². The van der Waals surface area contributed by atoms with E-state index in [0.717, 1.165) is 44.6 Å². The van der Waals surface area contributed by atoms with Gasteiger partial charge in [-0.3, -0.25) is 4.79 Å².